The minimum Gasteiger partial charge on any atom is -0.304 e. The number of hydroxylamine groups is 1. The van der Waals surface area contributed by atoms with Crippen LogP contribution in [0.25, 0.3) is 5.95 Å². The van der Waals surface area contributed by atoms with Crippen LogP contribution in [0.4, 0.5) is 0 Å². The van der Waals surface area contributed by atoms with Crippen LogP contribution in [0, 0.1) is 0 Å². The maximum absolute atomic E-state index is 4.85. The molecule has 0 saturated heterocycles. The van der Waals surface area contributed by atoms with Gasteiger partial charge in [0.05, 0.1) is 13.2 Å². The molecule has 1 N–H and O–H groups in total. The number of nitrogens with one attached hydrogen (secondary N) is 1. The minimum absolute atomic E-state index is 0.101. The molecule has 1 unspecified atom stereocenters. The number of hydrogen-bond acceptors (Lipinski definition) is 6. The maximum Gasteiger partial charge on any atom is 0.252 e. The summed E-state index contributed by atoms with van der Waals surface area (Å²) in [5.74, 6) is 1.17. The molecule has 7 nitrogen and oxygen atoms in total. The largest absolute Gasteiger partial charge is 0.304 e. The van der Waals surface area contributed by atoms with Gasteiger partial charge in [0.15, 0.2) is 5.82 Å². The Morgan fingerprint density at radius 3 is 2.75 bits per heavy atom. The van der Waals surface area contributed by atoms with Crippen molar-refractivity contribution in [1.29, 1.82) is 0 Å². The molecule has 84 valence electrons. The summed E-state index contributed by atoms with van der Waals surface area (Å²) in [6.07, 6.45) is 4.77. The van der Waals surface area contributed by atoms with Gasteiger partial charge in [-0.15, -0.1) is 0 Å². The van der Waals surface area contributed by atoms with Gasteiger partial charge >= 0.3 is 0 Å². The van der Waals surface area contributed by atoms with E-state index in [2.05, 4.69) is 25.5 Å². The quantitative estimate of drug-likeness (QED) is 0.745. The van der Waals surface area contributed by atoms with Crippen LogP contribution in [-0.4, -0.2) is 31.8 Å². The van der Waals surface area contributed by atoms with Gasteiger partial charge in [0, 0.05) is 12.4 Å². The van der Waals surface area contributed by atoms with E-state index in [0.29, 0.717) is 11.8 Å². The van der Waals surface area contributed by atoms with Gasteiger partial charge in [-0.2, -0.15) is 15.3 Å². The molecule has 16 heavy (non-hydrogen) atoms. The standard InChI is InChI=1S/C9H12N6O/c1-7(14-16-2)8-12-6-13-15(8)9-10-4-3-5-11-9/h3-7,14H,1-2H3. The van der Waals surface area contributed by atoms with Gasteiger partial charge in [-0.1, -0.05) is 0 Å². The molecule has 0 aromatic carbocycles. The summed E-state index contributed by atoms with van der Waals surface area (Å²) in [5.41, 5.74) is 2.78. The van der Waals surface area contributed by atoms with Crippen LogP contribution in [-0.2, 0) is 4.84 Å². The topological polar surface area (TPSA) is 77.8 Å². The smallest absolute Gasteiger partial charge is 0.252 e. The van der Waals surface area contributed by atoms with E-state index in [1.54, 1.807) is 30.3 Å². The second-order valence-electron chi connectivity index (χ2n) is 3.12. The average Bonchev–Trinajstić information content (AvgIpc) is 2.79. The van der Waals surface area contributed by atoms with Crippen LogP contribution in [0.5, 0.6) is 0 Å². The second kappa shape index (κ2) is 4.77. The Labute approximate surface area is 92.5 Å². The van der Waals surface area contributed by atoms with Gasteiger partial charge in [-0.25, -0.2) is 15.0 Å². The normalized spacial score (nSPS) is 12.6. The zero-order valence-corrected chi connectivity index (χ0v) is 9.03. The van der Waals surface area contributed by atoms with E-state index >= 15 is 0 Å². The molecule has 0 aliphatic rings. The highest BCUT2D eigenvalue weighted by atomic mass is 16.6. The summed E-state index contributed by atoms with van der Waals surface area (Å²) >= 11 is 0. The molecule has 2 aromatic heterocycles. The van der Waals surface area contributed by atoms with Crippen molar-refractivity contribution >= 4 is 0 Å². The van der Waals surface area contributed by atoms with Crippen LogP contribution >= 0.6 is 0 Å². The molecule has 0 fully saturated rings. The van der Waals surface area contributed by atoms with Crippen molar-refractivity contribution < 1.29 is 4.84 Å². The van der Waals surface area contributed by atoms with Gasteiger partial charge in [0.1, 0.15) is 6.33 Å². The Hall–Kier alpha value is -1.86. The lowest BCUT2D eigenvalue weighted by Crippen LogP contribution is -2.21. The molecule has 0 bridgehead atoms. The third-order valence-electron chi connectivity index (χ3n) is 2.00. The monoisotopic (exact) mass is 220 g/mol. The third-order valence-corrected chi connectivity index (χ3v) is 2.00. The van der Waals surface area contributed by atoms with E-state index < -0.39 is 0 Å². The predicted octanol–water partition coefficient (Wildman–Crippen LogP) is 0.269. The first kappa shape index (κ1) is 10.7. The number of hydrogen-bond donors (Lipinski definition) is 1. The molecule has 0 aliphatic heterocycles. The highest BCUT2D eigenvalue weighted by molar-refractivity contribution is 5.11. The molecule has 0 radical (unpaired) electrons. The fourth-order valence-corrected chi connectivity index (χ4v) is 1.33. The highest BCUT2D eigenvalue weighted by Gasteiger charge is 2.15. The van der Waals surface area contributed by atoms with Crippen molar-refractivity contribution in [2.75, 3.05) is 7.11 Å². The first-order chi connectivity index (χ1) is 7.83. The number of aromatic nitrogens is 5. The summed E-state index contributed by atoms with van der Waals surface area (Å²) in [6, 6.07) is 1.65. The minimum atomic E-state index is -0.101. The van der Waals surface area contributed by atoms with Gasteiger partial charge < -0.3 is 4.84 Å². The van der Waals surface area contributed by atoms with Crippen molar-refractivity contribution in [3.8, 4) is 5.95 Å². The highest BCUT2D eigenvalue weighted by Crippen LogP contribution is 2.10. The van der Waals surface area contributed by atoms with Crippen LogP contribution in [0.15, 0.2) is 24.8 Å². The van der Waals surface area contributed by atoms with Crippen LogP contribution in [0.3, 0.4) is 0 Å². The molecular formula is C9H12N6O. The molecule has 2 heterocycles. The lowest BCUT2D eigenvalue weighted by molar-refractivity contribution is 0.0627. The zero-order chi connectivity index (χ0) is 11.4. The summed E-state index contributed by atoms with van der Waals surface area (Å²) in [4.78, 5) is 17.2. The molecule has 7 heteroatoms. The van der Waals surface area contributed by atoms with Crippen molar-refractivity contribution in [2.45, 2.75) is 13.0 Å². The van der Waals surface area contributed by atoms with E-state index in [9.17, 15) is 0 Å². The summed E-state index contributed by atoms with van der Waals surface area (Å²) in [7, 11) is 1.55. The Bertz CT molecular complexity index is 442. The Kier molecular flexibility index (Phi) is 3.18. The molecule has 0 saturated carbocycles. The third kappa shape index (κ3) is 2.05. The molecule has 0 spiro atoms. The second-order valence-corrected chi connectivity index (χ2v) is 3.12. The summed E-state index contributed by atoms with van der Waals surface area (Å²) < 4.78 is 1.57. The average molecular weight is 220 g/mol. The fraction of sp³-hybridized carbons (Fsp3) is 0.333. The molecule has 1 atom stereocenters. The van der Waals surface area contributed by atoms with Crippen molar-refractivity contribution in [2.24, 2.45) is 0 Å². The molecule has 2 rings (SSSR count). The van der Waals surface area contributed by atoms with E-state index in [1.807, 2.05) is 6.92 Å². The summed E-state index contributed by atoms with van der Waals surface area (Å²) in [6.45, 7) is 1.91. The van der Waals surface area contributed by atoms with E-state index in [4.69, 9.17) is 4.84 Å². The fourth-order valence-electron chi connectivity index (χ4n) is 1.33. The van der Waals surface area contributed by atoms with Crippen molar-refractivity contribution in [1.82, 2.24) is 30.2 Å². The molecular weight excluding hydrogens is 208 g/mol. The Balaban J connectivity index is 2.33. The maximum atomic E-state index is 4.85. The number of nitrogens with zero attached hydrogens (tertiary/aromatic N) is 5. The number of rotatable bonds is 4. The zero-order valence-electron chi connectivity index (χ0n) is 9.03. The lowest BCUT2D eigenvalue weighted by atomic mass is 10.3. The van der Waals surface area contributed by atoms with Crippen LogP contribution in [0.2, 0.25) is 0 Å². The SMILES string of the molecule is CONC(C)c1ncnn1-c1ncccn1. The predicted molar refractivity (Wildman–Crippen MR) is 55.5 cm³/mol. The van der Waals surface area contributed by atoms with E-state index in [0.717, 1.165) is 0 Å². The van der Waals surface area contributed by atoms with Crippen LogP contribution < -0.4 is 5.48 Å². The summed E-state index contributed by atoms with van der Waals surface area (Å²) in [5, 5.41) is 4.07. The van der Waals surface area contributed by atoms with E-state index in [1.165, 1.54) is 6.33 Å². The van der Waals surface area contributed by atoms with Crippen LogP contribution in [0.1, 0.15) is 18.8 Å². The van der Waals surface area contributed by atoms with Gasteiger partial charge in [0.2, 0.25) is 0 Å². The van der Waals surface area contributed by atoms with E-state index in [-0.39, 0.29) is 6.04 Å². The van der Waals surface area contributed by atoms with Gasteiger partial charge in [0.25, 0.3) is 5.95 Å². The first-order valence-corrected chi connectivity index (χ1v) is 4.78. The lowest BCUT2D eigenvalue weighted by Gasteiger charge is -2.11. The molecule has 2 aromatic rings. The van der Waals surface area contributed by atoms with Crippen molar-refractivity contribution in [3.05, 3.63) is 30.6 Å². The Morgan fingerprint density at radius 2 is 2.06 bits per heavy atom. The van der Waals surface area contributed by atoms with Gasteiger partial charge in [-0.3, -0.25) is 0 Å². The molecule has 0 aliphatic carbocycles. The molecule has 0 amide bonds. The van der Waals surface area contributed by atoms with Crippen molar-refractivity contribution in [3.63, 3.8) is 0 Å². The Morgan fingerprint density at radius 1 is 1.31 bits per heavy atom. The first-order valence-electron chi connectivity index (χ1n) is 4.78. The van der Waals surface area contributed by atoms with Gasteiger partial charge in [-0.05, 0) is 13.0 Å².